The van der Waals surface area contributed by atoms with Crippen LogP contribution in [0.1, 0.15) is 15.9 Å². The molecule has 0 aliphatic heterocycles. The molecule has 0 heterocycles. The van der Waals surface area contributed by atoms with Gasteiger partial charge in [0.2, 0.25) is 0 Å². The van der Waals surface area contributed by atoms with E-state index in [1.54, 1.807) is 13.2 Å². The summed E-state index contributed by atoms with van der Waals surface area (Å²) in [6.45, 7) is 2.51. The lowest BCUT2D eigenvalue weighted by Gasteiger charge is -2.09. The van der Waals surface area contributed by atoms with Crippen LogP contribution in [0.2, 0.25) is 0 Å². The molecule has 0 radical (unpaired) electrons. The second kappa shape index (κ2) is 10.4. The molecule has 0 saturated heterocycles. The van der Waals surface area contributed by atoms with Crippen molar-refractivity contribution in [3.8, 4) is 0 Å². The Labute approximate surface area is 120 Å². The first-order valence-corrected chi connectivity index (χ1v) is 6.76. The molecule has 112 valence electrons. The van der Waals surface area contributed by atoms with Crippen LogP contribution in [0.3, 0.4) is 0 Å². The third-order valence-corrected chi connectivity index (χ3v) is 2.77. The van der Waals surface area contributed by atoms with Crippen molar-refractivity contribution in [2.24, 2.45) is 0 Å². The third kappa shape index (κ3) is 6.14. The molecule has 0 amide bonds. The van der Waals surface area contributed by atoms with Crippen molar-refractivity contribution in [3.63, 3.8) is 0 Å². The van der Waals surface area contributed by atoms with Crippen LogP contribution in [0.15, 0.2) is 24.3 Å². The molecule has 20 heavy (non-hydrogen) atoms. The first-order chi connectivity index (χ1) is 9.79. The largest absolute Gasteiger partial charge is 0.460 e. The lowest BCUT2D eigenvalue weighted by molar-refractivity contribution is 0.0213. The summed E-state index contributed by atoms with van der Waals surface area (Å²) < 4.78 is 15.3. The molecule has 0 aliphatic rings. The van der Waals surface area contributed by atoms with E-state index in [0.717, 1.165) is 18.5 Å². The van der Waals surface area contributed by atoms with Gasteiger partial charge in [-0.1, -0.05) is 18.2 Å². The number of nitrogens with one attached hydrogen (secondary N) is 1. The van der Waals surface area contributed by atoms with Gasteiger partial charge >= 0.3 is 5.97 Å². The van der Waals surface area contributed by atoms with Crippen molar-refractivity contribution < 1.29 is 19.0 Å². The van der Waals surface area contributed by atoms with Gasteiger partial charge in [0.05, 0.1) is 25.4 Å². The molecule has 1 rings (SSSR count). The summed E-state index contributed by atoms with van der Waals surface area (Å²) in [4.78, 5) is 12.0. The zero-order valence-electron chi connectivity index (χ0n) is 12.2. The standard InChI is InChI=1S/C15H23NO4/c1-16-8-7-13-5-3-4-6-14(13)15(17)20-12-11-19-10-9-18-2/h3-6,16H,7-12H2,1-2H3. The van der Waals surface area contributed by atoms with Gasteiger partial charge in [0.1, 0.15) is 6.61 Å². The van der Waals surface area contributed by atoms with Crippen LogP contribution in [-0.2, 0) is 20.6 Å². The maximum absolute atomic E-state index is 12.0. The van der Waals surface area contributed by atoms with E-state index in [1.165, 1.54) is 0 Å². The van der Waals surface area contributed by atoms with Gasteiger partial charge in [-0.15, -0.1) is 0 Å². The fourth-order valence-electron chi connectivity index (χ4n) is 1.71. The molecule has 5 nitrogen and oxygen atoms in total. The van der Waals surface area contributed by atoms with Crippen molar-refractivity contribution in [2.45, 2.75) is 6.42 Å². The minimum absolute atomic E-state index is 0.253. The van der Waals surface area contributed by atoms with E-state index in [1.807, 2.05) is 25.2 Å². The van der Waals surface area contributed by atoms with Crippen LogP contribution >= 0.6 is 0 Å². The molecule has 0 spiro atoms. The highest BCUT2D eigenvalue weighted by molar-refractivity contribution is 5.91. The fourth-order valence-corrected chi connectivity index (χ4v) is 1.71. The van der Waals surface area contributed by atoms with Gasteiger partial charge in [-0.05, 0) is 31.6 Å². The SMILES string of the molecule is CNCCc1ccccc1C(=O)OCCOCCOC. The zero-order chi connectivity index (χ0) is 14.6. The van der Waals surface area contributed by atoms with E-state index in [-0.39, 0.29) is 12.6 Å². The number of rotatable bonds is 10. The first-order valence-electron chi connectivity index (χ1n) is 6.76. The van der Waals surface area contributed by atoms with Crippen LogP contribution in [0.5, 0.6) is 0 Å². The Kier molecular flexibility index (Phi) is 8.62. The zero-order valence-corrected chi connectivity index (χ0v) is 12.2. The number of carbonyl (C=O) groups excluding carboxylic acids is 1. The average Bonchev–Trinajstić information content (AvgIpc) is 2.48. The van der Waals surface area contributed by atoms with Crippen molar-refractivity contribution in [1.82, 2.24) is 5.32 Å². The van der Waals surface area contributed by atoms with Crippen LogP contribution in [-0.4, -0.2) is 53.1 Å². The number of carbonyl (C=O) groups is 1. The molecule has 1 aromatic carbocycles. The molecular weight excluding hydrogens is 258 g/mol. The van der Waals surface area contributed by atoms with Crippen molar-refractivity contribution >= 4 is 5.97 Å². The fraction of sp³-hybridized carbons (Fsp3) is 0.533. The maximum Gasteiger partial charge on any atom is 0.338 e. The van der Waals surface area contributed by atoms with E-state index in [9.17, 15) is 4.79 Å². The minimum atomic E-state index is -0.299. The molecular formula is C15H23NO4. The second-order valence-electron chi connectivity index (χ2n) is 4.25. The Hall–Kier alpha value is -1.43. The van der Waals surface area contributed by atoms with Gasteiger partial charge in [-0.3, -0.25) is 0 Å². The van der Waals surface area contributed by atoms with Gasteiger partial charge in [0.25, 0.3) is 0 Å². The second-order valence-corrected chi connectivity index (χ2v) is 4.25. The van der Waals surface area contributed by atoms with Crippen molar-refractivity contribution in [3.05, 3.63) is 35.4 Å². The topological polar surface area (TPSA) is 56.8 Å². The lowest BCUT2D eigenvalue weighted by Crippen LogP contribution is -2.16. The Balaban J connectivity index is 2.38. The highest BCUT2D eigenvalue weighted by Gasteiger charge is 2.11. The van der Waals surface area contributed by atoms with E-state index < -0.39 is 0 Å². The molecule has 1 aromatic rings. The number of esters is 1. The molecule has 0 aliphatic carbocycles. The number of benzene rings is 1. The quantitative estimate of drug-likeness (QED) is 0.517. The van der Waals surface area contributed by atoms with Gasteiger partial charge < -0.3 is 19.5 Å². The van der Waals surface area contributed by atoms with Crippen molar-refractivity contribution in [2.75, 3.05) is 47.1 Å². The van der Waals surface area contributed by atoms with E-state index >= 15 is 0 Å². The average molecular weight is 281 g/mol. The summed E-state index contributed by atoms with van der Waals surface area (Å²) in [5.41, 5.74) is 1.62. The van der Waals surface area contributed by atoms with Gasteiger partial charge in [0.15, 0.2) is 0 Å². The van der Waals surface area contributed by atoms with Gasteiger partial charge in [-0.25, -0.2) is 4.79 Å². The Morgan fingerprint density at radius 2 is 1.90 bits per heavy atom. The van der Waals surface area contributed by atoms with Crippen molar-refractivity contribution in [1.29, 1.82) is 0 Å². The summed E-state index contributed by atoms with van der Waals surface area (Å²) in [5, 5.41) is 3.07. The molecule has 0 fully saturated rings. The molecule has 1 N–H and O–H groups in total. The first kappa shape index (κ1) is 16.6. The smallest absolute Gasteiger partial charge is 0.338 e. The summed E-state index contributed by atoms with van der Waals surface area (Å²) in [7, 11) is 3.50. The van der Waals surface area contributed by atoms with E-state index in [4.69, 9.17) is 14.2 Å². The monoisotopic (exact) mass is 281 g/mol. The van der Waals surface area contributed by atoms with Crippen LogP contribution in [0.4, 0.5) is 0 Å². The number of hydrogen-bond acceptors (Lipinski definition) is 5. The number of likely N-dealkylation sites (N-methyl/N-ethyl adjacent to an activating group) is 1. The molecule has 0 atom stereocenters. The molecule has 0 bridgehead atoms. The maximum atomic E-state index is 12.0. The molecule has 0 unspecified atom stereocenters. The summed E-state index contributed by atoms with van der Waals surface area (Å²) in [6.07, 6.45) is 0.798. The van der Waals surface area contributed by atoms with Crippen LogP contribution < -0.4 is 5.32 Å². The van der Waals surface area contributed by atoms with Crippen LogP contribution in [0, 0.1) is 0 Å². The summed E-state index contributed by atoms with van der Waals surface area (Å²) in [5.74, 6) is -0.299. The summed E-state index contributed by atoms with van der Waals surface area (Å²) >= 11 is 0. The Morgan fingerprint density at radius 1 is 1.15 bits per heavy atom. The molecule has 0 saturated carbocycles. The normalized spacial score (nSPS) is 10.5. The Morgan fingerprint density at radius 3 is 2.65 bits per heavy atom. The molecule has 0 aromatic heterocycles. The van der Waals surface area contributed by atoms with Gasteiger partial charge in [0, 0.05) is 7.11 Å². The highest BCUT2D eigenvalue weighted by atomic mass is 16.6. The van der Waals surface area contributed by atoms with E-state index in [2.05, 4.69) is 5.32 Å². The number of methoxy groups -OCH3 is 1. The number of ether oxygens (including phenoxy) is 3. The van der Waals surface area contributed by atoms with Gasteiger partial charge in [-0.2, -0.15) is 0 Å². The molecule has 5 heteroatoms. The predicted octanol–water partition coefficient (Wildman–Crippen LogP) is 1.27. The lowest BCUT2D eigenvalue weighted by atomic mass is 10.0. The predicted molar refractivity (Wildman–Crippen MR) is 77.1 cm³/mol. The highest BCUT2D eigenvalue weighted by Crippen LogP contribution is 2.10. The van der Waals surface area contributed by atoms with Crippen LogP contribution in [0.25, 0.3) is 0 Å². The third-order valence-electron chi connectivity index (χ3n) is 2.77. The Bertz CT molecular complexity index is 395. The number of hydrogen-bond donors (Lipinski definition) is 1. The van der Waals surface area contributed by atoms with E-state index in [0.29, 0.717) is 25.4 Å². The minimum Gasteiger partial charge on any atom is -0.460 e. The summed E-state index contributed by atoms with van der Waals surface area (Å²) in [6, 6.07) is 7.51.